The lowest BCUT2D eigenvalue weighted by atomic mass is 10.0. The maximum absolute atomic E-state index is 13.5. The molecule has 12 heteroatoms. The minimum absolute atomic E-state index is 0.397. The van der Waals surface area contributed by atoms with Crippen LogP contribution >= 0.6 is 7.14 Å². The monoisotopic (exact) mass is 655 g/mol. The van der Waals surface area contributed by atoms with E-state index >= 15 is 0 Å². The Labute approximate surface area is 277 Å². The number of nitrogens with zero attached hydrogens (tertiary/aromatic N) is 7. The summed E-state index contributed by atoms with van der Waals surface area (Å²) in [6.07, 6.45) is 7.34. The molecule has 248 valence electrons. The summed E-state index contributed by atoms with van der Waals surface area (Å²) in [5, 5.41) is 7.45. The second-order valence-electron chi connectivity index (χ2n) is 13.1. The van der Waals surface area contributed by atoms with Crippen molar-refractivity contribution in [3.63, 3.8) is 0 Å². The van der Waals surface area contributed by atoms with E-state index in [4.69, 9.17) is 9.72 Å². The van der Waals surface area contributed by atoms with Gasteiger partial charge >= 0.3 is 0 Å². The number of anilines is 5. The van der Waals surface area contributed by atoms with Gasteiger partial charge in [-0.25, -0.2) is 4.98 Å². The molecule has 0 atom stereocenters. The van der Waals surface area contributed by atoms with E-state index in [1.54, 1.807) is 39.0 Å². The average Bonchev–Trinajstić information content (AvgIpc) is 3.05. The van der Waals surface area contributed by atoms with Gasteiger partial charge in [0.05, 0.1) is 29.3 Å². The number of allylic oxidation sites excluding steroid dienone is 1. The van der Waals surface area contributed by atoms with Crippen LogP contribution in [0.25, 0.3) is 16.6 Å². The number of rotatable bonds is 9. The predicted molar refractivity (Wildman–Crippen MR) is 194 cm³/mol. The first kappa shape index (κ1) is 32.9. The van der Waals surface area contributed by atoms with Crippen molar-refractivity contribution in [3.05, 3.63) is 60.6 Å². The summed E-state index contributed by atoms with van der Waals surface area (Å²) in [7, 11) is 1.14. The van der Waals surface area contributed by atoms with Gasteiger partial charge in [0.2, 0.25) is 5.95 Å². The molecule has 11 nitrogen and oxygen atoms in total. The molecule has 0 amide bonds. The third-order valence-corrected chi connectivity index (χ3v) is 10.8. The Morgan fingerprint density at radius 3 is 2.38 bits per heavy atom. The molecule has 2 aromatic carbocycles. The standard InChI is InChI=1S/C35H46N9O2P/c1-23(2)26-22-38-35(41-34(26)39-28-9-8-27-32(37-13-12-36-27)33(28)47(6,7)45)40-29-20-24(3)30(21-31(29)46-5)44-14-10-25(11-15-44)43-18-16-42(4)17-19-43/h8-9,12-13,20-22,25H,1,10-11,14-19H2,2-7H3,(H2,38,39,40,41). The Kier molecular flexibility index (Phi) is 9.50. The molecule has 47 heavy (non-hydrogen) atoms. The molecule has 0 aliphatic carbocycles. The van der Waals surface area contributed by atoms with Gasteiger partial charge in [-0.15, -0.1) is 0 Å². The highest BCUT2D eigenvalue weighted by Crippen LogP contribution is 2.41. The highest BCUT2D eigenvalue weighted by atomic mass is 31.2. The molecule has 4 heterocycles. The topological polar surface area (TPSA) is 112 Å². The van der Waals surface area contributed by atoms with E-state index in [0.29, 0.717) is 39.8 Å². The van der Waals surface area contributed by atoms with Crippen LogP contribution in [0.2, 0.25) is 0 Å². The number of hydrogen-bond donors (Lipinski definition) is 2. The van der Waals surface area contributed by atoms with Gasteiger partial charge in [-0.1, -0.05) is 6.58 Å². The maximum atomic E-state index is 13.5. The van der Waals surface area contributed by atoms with E-state index in [-0.39, 0.29) is 0 Å². The first-order chi connectivity index (χ1) is 22.5. The van der Waals surface area contributed by atoms with E-state index in [2.05, 4.69) is 73.0 Å². The Bertz CT molecular complexity index is 1830. The maximum Gasteiger partial charge on any atom is 0.229 e. The molecule has 0 bridgehead atoms. The van der Waals surface area contributed by atoms with Crippen LogP contribution < -0.4 is 25.6 Å². The van der Waals surface area contributed by atoms with Gasteiger partial charge in [0.1, 0.15) is 24.2 Å². The number of ether oxygens (including phenoxy) is 1. The van der Waals surface area contributed by atoms with Crippen LogP contribution in [-0.4, -0.2) is 103 Å². The Morgan fingerprint density at radius 2 is 1.70 bits per heavy atom. The number of hydrogen-bond acceptors (Lipinski definition) is 11. The van der Waals surface area contributed by atoms with Crippen LogP contribution in [0.3, 0.4) is 0 Å². The van der Waals surface area contributed by atoms with E-state index in [1.165, 1.54) is 18.5 Å². The first-order valence-corrected chi connectivity index (χ1v) is 18.8. The first-order valence-electron chi connectivity index (χ1n) is 16.2. The van der Waals surface area contributed by atoms with Crippen molar-refractivity contribution in [1.82, 2.24) is 29.7 Å². The minimum atomic E-state index is -2.76. The van der Waals surface area contributed by atoms with E-state index in [0.717, 1.165) is 67.4 Å². The molecule has 0 spiro atoms. The molecule has 2 fully saturated rings. The zero-order valence-electron chi connectivity index (χ0n) is 28.4. The summed E-state index contributed by atoms with van der Waals surface area (Å²) in [5.74, 6) is 1.67. The molecule has 2 aliphatic rings. The highest BCUT2D eigenvalue weighted by molar-refractivity contribution is 7.71. The molecule has 6 rings (SSSR count). The number of likely N-dealkylation sites (N-methyl/N-ethyl adjacent to an activating group) is 1. The van der Waals surface area contributed by atoms with Crippen LogP contribution in [0.4, 0.5) is 28.8 Å². The third-order valence-electron chi connectivity index (χ3n) is 9.28. The molecule has 0 saturated carbocycles. The van der Waals surface area contributed by atoms with Crippen LogP contribution in [0.15, 0.2) is 49.4 Å². The Hall–Kier alpha value is -4.05. The summed E-state index contributed by atoms with van der Waals surface area (Å²) in [6.45, 7) is 18.4. The van der Waals surface area contributed by atoms with Gasteiger partial charge in [0.15, 0.2) is 0 Å². The van der Waals surface area contributed by atoms with Crippen LogP contribution in [0.1, 0.15) is 30.9 Å². The summed E-state index contributed by atoms with van der Waals surface area (Å²) < 4.78 is 19.4. The quantitative estimate of drug-likeness (QED) is 0.216. The van der Waals surface area contributed by atoms with Crippen molar-refractivity contribution >= 4 is 57.9 Å². The van der Waals surface area contributed by atoms with Crippen LogP contribution in [0.5, 0.6) is 5.75 Å². The number of fused-ring (bicyclic) bond motifs is 1. The van der Waals surface area contributed by atoms with Crippen molar-refractivity contribution in [2.75, 3.05) is 82.3 Å². The lowest BCUT2D eigenvalue weighted by Gasteiger charge is -2.43. The number of benzene rings is 2. The van der Waals surface area contributed by atoms with Gasteiger partial charge in [-0.3, -0.25) is 14.9 Å². The molecule has 0 radical (unpaired) electrons. The van der Waals surface area contributed by atoms with Gasteiger partial charge in [0.25, 0.3) is 0 Å². The van der Waals surface area contributed by atoms with E-state index in [9.17, 15) is 4.57 Å². The lowest BCUT2D eigenvalue weighted by Crippen LogP contribution is -2.52. The van der Waals surface area contributed by atoms with Crippen molar-refractivity contribution in [2.24, 2.45) is 0 Å². The Balaban J connectivity index is 1.25. The number of aryl methyl sites for hydroxylation is 1. The van der Waals surface area contributed by atoms with Crippen molar-refractivity contribution in [1.29, 1.82) is 0 Å². The second kappa shape index (κ2) is 13.6. The zero-order chi connectivity index (χ0) is 33.3. The smallest absolute Gasteiger partial charge is 0.229 e. The largest absolute Gasteiger partial charge is 0.494 e. The fourth-order valence-electron chi connectivity index (χ4n) is 6.71. The molecule has 2 aliphatic heterocycles. The van der Waals surface area contributed by atoms with Gasteiger partial charge in [-0.2, -0.15) is 4.98 Å². The van der Waals surface area contributed by atoms with Crippen molar-refractivity contribution < 1.29 is 9.30 Å². The fraction of sp³-hybridized carbons (Fsp3) is 0.429. The summed E-state index contributed by atoms with van der Waals surface area (Å²) >= 11 is 0. The van der Waals surface area contributed by atoms with E-state index < -0.39 is 7.14 Å². The number of piperidine rings is 1. The lowest BCUT2D eigenvalue weighted by molar-refractivity contribution is 0.0982. The minimum Gasteiger partial charge on any atom is -0.494 e. The number of methoxy groups -OCH3 is 1. The zero-order valence-corrected chi connectivity index (χ0v) is 29.3. The number of nitrogens with one attached hydrogen (secondary N) is 2. The van der Waals surface area contributed by atoms with Gasteiger partial charge in [-0.05, 0) is 76.4 Å². The van der Waals surface area contributed by atoms with Crippen LogP contribution in [0, 0.1) is 6.92 Å². The molecular formula is C35H46N9O2P. The van der Waals surface area contributed by atoms with Crippen LogP contribution in [-0.2, 0) is 4.57 Å². The molecular weight excluding hydrogens is 609 g/mol. The molecule has 2 N–H and O–H groups in total. The predicted octanol–water partition coefficient (Wildman–Crippen LogP) is 5.72. The van der Waals surface area contributed by atoms with Crippen molar-refractivity contribution in [2.45, 2.75) is 32.7 Å². The molecule has 2 saturated heterocycles. The summed E-state index contributed by atoms with van der Waals surface area (Å²) in [4.78, 5) is 26.0. The van der Waals surface area contributed by atoms with E-state index in [1.807, 2.05) is 19.1 Å². The van der Waals surface area contributed by atoms with Crippen molar-refractivity contribution in [3.8, 4) is 5.75 Å². The summed E-state index contributed by atoms with van der Waals surface area (Å²) in [6, 6.07) is 8.63. The fourth-order valence-corrected chi connectivity index (χ4v) is 8.10. The van der Waals surface area contributed by atoms with Gasteiger partial charge < -0.3 is 29.7 Å². The number of aromatic nitrogens is 4. The molecule has 4 aromatic rings. The normalized spacial score (nSPS) is 16.8. The average molecular weight is 656 g/mol. The highest BCUT2D eigenvalue weighted by Gasteiger charge is 2.28. The summed E-state index contributed by atoms with van der Waals surface area (Å²) in [5.41, 5.74) is 6.64. The molecule has 2 aromatic heterocycles. The SMILES string of the molecule is C=C(C)c1cnc(Nc2cc(C)c(N3CCC(N4CCN(C)CC4)CC3)cc2OC)nc1Nc1ccc2nccnc2c1P(C)(C)=O. The Morgan fingerprint density at radius 1 is 0.979 bits per heavy atom. The molecule has 0 unspecified atom stereocenters. The second-order valence-corrected chi connectivity index (χ2v) is 16.3. The van der Waals surface area contributed by atoms with Gasteiger partial charge in [0, 0.05) is 81.2 Å². The number of piperazine rings is 1. The third kappa shape index (κ3) is 7.12.